The molecule has 0 aromatic rings. The van der Waals surface area contributed by atoms with Gasteiger partial charge < -0.3 is 0 Å². The van der Waals surface area contributed by atoms with Gasteiger partial charge in [-0.3, -0.25) is 0 Å². The number of rotatable bonds is 0. The van der Waals surface area contributed by atoms with Crippen LogP contribution in [-0.4, -0.2) is 8.24 Å². The maximum Gasteiger partial charge on any atom is 0.556 e. The first-order valence-electron chi connectivity index (χ1n) is 1.92. The first kappa shape index (κ1) is 5.64. The fourth-order valence-corrected chi connectivity index (χ4v) is 0. The van der Waals surface area contributed by atoms with E-state index in [1.54, 1.807) is 0 Å². The largest absolute Gasteiger partial charge is 0.556 e. The molecule has 0 aliphatic rings. The van der Waals surface area contributed by atoms with Gasteiger partial charge in [0.2, 0.25) is 0 Å². The maximum absolute atomic E-state index is 8.09. The second kappa shape index (κ2) is 1.39. The number of diazo groups is 1. The van der Waals surface area contributed by atoms with Crippen molar-refractivity contribution in [2.45, 2.75) is 19.6 Å². The first-order chi connectivity index (χ1) is 2.56. The Morgan fingerprint density at radius 3 is 1.50 bits per heavy atom. The normalized spacial score (nSPS) is 10.3. The maximum atomic E-state index is 8.09. The molecule has 0 radical (unpaired) electrons. The smallest absolute Gasteiger partial charge is 0.0156 e. The van der Waals surface area contributed by atoms with Crippen LogP contribution in [0.1, 0.15) is 0 Å². The van der Waals surface area contributed by atoms with E-state index in [0.29, 0.717) is 0 Å². The minimum absolute atomic E-state index is 1.45. The van der Waals surface area contributed by atoms with Gasteiger partial charge in [-0.25, -0.2) is 0 Å². The lowest BCUT2D eigenvalue weighted by atomic mass is 11.8. The molecule has 0 aliphatic carbocycles. The topological polar surface area (TPSA) is 28.1 Å². The highest BCUT2D eigenvalue weighted by molar-refractivity contribution is 6.79. The molecule has 0 heterocycles. The van der Waals surface area contributed by atoms with Crippen LogP contribution < -0.4 is 0 Å². The second-order valence-electron chi connectivity index (χ2n) is 2.27. The van der Waals surface area contributed by atoms with Gasteiger partial charge in [0.15, 0.2) is 5.39 Å². The molecule has 3 heteroatoms. The van der Waals surface area contributed by atoms with Crippen molar-refractivity contribution in [3.8, 4) is 0 Å². The van der Waals surface area contributed by atoms with Crippen molar-refractivity contribution in [1.82, 2.24) is 0 Å². The molecule has 34 valence electrons. The predicted molar refractivity (Wildman–Crippen MR) is 28.4 cm³/mol. The van der Waals surface area contributed by atoms with E-state index in [1.807, 2.05) is 19.6 Å². The Labute approximate surface area is 38.9 Å². The van der Waals surface area contributed by atoms with Crippen molar-refractivity contribution in [1.29, 1.82) is 5.39 Å². The Kier molecular flexibility index (Phi) is 1.31. The summed E-state index contributed by atoms with van der Waals surface area (Å²) < 4.78 is 3.16. The summed E-state index contributed by atoms with van der Waals surface area (Å²) >= 11 is 0. The number of hydrogen-bond donors (Lipinski definition) is 0. The molecule has 0 aliphatic heterocycles. The Hall–Kier alpha value is -0.363. The van der Waals surface area contributed by atoms with E-state index in [-0.39, 0.29) is 0 Å². The van der Waals surface area contributed by atoms with E-state index < -0.39 is 8.24 Å². The summed E-state index contributed by atoms with van der Waals surface area (Å²) in [6.07, 6.45) is 0. The minimum Gasteiger partial charge on any atom is -0.0156 e. The van der Waals surface area contributed by atoms with Crippen LogP contribution in [0.3, 0.4) is 0 Å². The molecule has 0 saturated heterocycles. The molecule has 0 aromatic heterocycles. The van der Waals surface area contributed by atoms with Crippen LogP contribution >= 0.6 is 0 Å². The van der Waals surface area contributed by atoms with Crippen molar-refractivity contribution >= 4 is 8.24 Å². The second-order valence-corrected chi connectivity index (χ2v) is 6.81. The van der Waals surface area contributed by atoms with E-state index in [1.165, 1.54) is 0 Å². The molecule has 6 heavy (non-hydrogen) atoms. The third-order valence-electron chi connectivity index (χ3n) is 0.300. The predicted octanol–water partition coefficient (Wildman–Crippen LogP) is 1.67. The van der Waals surface area contributed by atoms with E-state index >= 15 is 0 Å². The van der Waals surface area contributed by atoms with E-state index in [4.69, 9.17) is 5.39 Å². The Morgan fingerprint density at radius 1 is 1.33 bits per heavy atom. The number of hydrogen-bond acceptors (Lipinski definition) is 1. The molecule has 0 amide bonds. The van der Waals surface area contributed by atoms with Crippen LogP contribution in [0.25, 0.3) is 4.64 Å². The fraction of sp³-hybridized carbons (Fsp3) is 1.00. The summed E-state index contributed by atoms with van der Waals surface area (Å²) in [6.45, 7) is 5.90. The zero-order valence-corrected chi connectivity index (χ0v) is 5.39. The van der Waals surface area contributed by atoms with Gasteiger partial charge in [-0.2, -0.15) is 0 Å². The SMILES string of the molecule is C[Si](C)(C)[N+]#N. The summed E-state index contributed by atoms with van der Waals surface area (Å²) in [7, 11) is -1.45. The minimum atomic E-state index is -1.45. The van der Waals surface area contributed by atoms with Crippen molar-refractivity contribution in [2.75, 3.05) is 0 Å². The van der Waals surface area contributed by atoms with Crippen LogP contribution in [0, 0.1) is 5.39 Å². The number of nitrogens with zero attached hydrogens (tertiary/aromatic N) is 2. The molecule has 0 rings (SSSR count). The zero-order valence-electron chi connectivity index (χ0n) is 4.39. The van der Waals surface area contributed by atoms with Gasteiger partial charge in [0.1, 0.15) is 0 Å². The van der Waals surface area contributed by atoms with Crippen LogP contribution in [0.15, 0.2) is 0 Å². The Bertz CT molecular complexity index is 75.8. The molecular formula is C3H9N2Si+. The van der Waals surface area contributed by atoms with Gasteiger partial charge in [0.05, 0.1) is 0 Å². The van der Waals surface area contributed by atoms with Crippen LogP contribution in [0.2, 0.25) is 19.6 Å². The van der Waals surface area contributed by atoms with Crippen LogP contribution in [0.5, 0.6) is 0 Å². The van der Waals surface area contributed by atoms with Gasteiger partial charge in [0, 0.05) is 19.6 Å². The van der Waals surface area contributed by atoms with Crippen molar-refractivity contribution < 1.29 is 0 Å². The third kappa shape index (κ3) is 3.64. The highest BCUT2D eigenvalue weighted by Crippen LogP contribution is 1.98. The highest BCUT2D eigenvalue weighted by atomic mass is 28.3. The zero-order chi connectivity index (χ0) is 5.21. The Morgan fingerprint density at radius 2 is 1.50 bits per heavy atom. The molecule has 0 N–H and O–H groups in total. The highest BCUT2D eigenvalue weighted by Gasteiger charge is 2.32. The van der Waals surface area contributed by atoms with Gasteiger partial charge in [-0.05, 0) is 4.64 Å². The average molecular weight is 101 g/mol. The lowest BCUT2D eigenvalue weighted by molar-refractivity contribution is 1.48. The van der Waals surface area contributed by atoms with Gasteiger partial charge in [0.25, 0.3) is 0 Å². The van der Waals surface area contributed by atoms with Crippen molar-refractivity contribution in [3.63, 3.8) is 0 Å². The fourth-order valence-electron chi connectivity index (χ4n) is 0. The summed E-state index contributed by atoms with van der Waals surface area (Å²) in [5, 5.41) is 8.09. The van der Waals surface area contributed by atoms with Crippen LogP contribution in [-0.2, 0) is 0 Å². The molecule has 0 saturated carbocycles. The molecule has 0 fully saturated rings. The summed E-state index contributed by atoms with van der Waals surface area (Å²) in [5.74, 6) is 0. The monoisotopic (exact) mass is 101 g/mol. The quantitative estimate of drug-likeness (QED) is 0.337. The summed E-state index contributed by atoms with van der Waals surface area (Å²) in [5.41, 5.74) is 0. The molecular weight excluding hydrogens is 92.1 g/mol. The van der Waals surface area contributed by atoms with Gasteiger partial charge in [-0.15, -0.1) is 0 Å². The molecule has 0 aromatic carbocycles. The Balaban J connectivity index is 3.55. The standard InChI is InChI=1S/C3H9N2Si/c1-6(2,3)5-4/h1-3H3/q+1. The first-order valence-corrected chi connectivity index (χ1v) is 5.37. The van der Waals surface area contributed by atoms with Gasteiger partial charge in [-0.1, -0.05) is 0 Å². The van der Waals surface area contributed by atoms with E-state index in [9.17, 15) is 0 Å². The lowest BCUT2D eigenvalue weighted by Crippen LogP contribution is -2.11. The van der Waals surface area contributed by atoms with Crippen molar-refractivity contribution in [2.24, 2.45) is 0 Å². The van der Waals surface area contributed by atoms with Gasteiger partial charge >= 0.3 is 8.24 Å². The van der Waals surface area contributed by atoms with E-state index in [0.717, 1.165) is 0 Å². The summed E-state index contributed by atoms with van der Waals surface area (Å²) in [6, 6.07) is 0. The average Bonchev–Trinajstić information content (AvgIpc) is 1.35. The van der Waals surface area contributed by atoms with E-state index in [2.05, 4.69) is 4.64 Å². The molecule has 0 atom stereocenters. The third-order valence-corrected chi connectivity index (χ3v) is 0.900. The van der Waals surface area contributed by atoms with Crippen molar-refractivity contribution in [3.05, 3.63) is 4.64 Å². The summed E-state index contributed by atoms with van der Waals surface area (Å²) in [4.78, 5) is 0. The lowest BCUT2D eigenvalue weighted by Gasteiger charge is -1.76. The van der Waals surface area contributed by atoms with Crippen LogP contribution in [0.4, 0.5) is 0 Å². The molecule has 2 nitrogen and oxygen atoms in total. The molecule has 0 spiro atoms. The molecule has 0 unspecified atom stereocenters. The molecule has 0 bridgehead atoms.